The van der Waals surface area contributed by atoms with Crippen molar-refractivity contribution in [1.29, 1.82) is 0 Å². The highest BCUT2D eigenvalue weighted by Crippen LogP contribution is 2.28. The van der Waals surface area contributed by atoms with E-state index in [1.54, 1.807) is 0 Å². The van der Waals surface area contributed by atoms with Crippen molar-refractivity contribution in [3.05, 3.63) is 35.9 Å². The summed E-state index contributed by atoms with van der Waals surface area (Å²) in [5, 5.41) is 3.73. The number of nitrogens with one attached hydrogen (secondary N) is 1. The molecular weight excluding hydrogens is 256 g/mol. The molecule has 0 amide bonds. The van der Waals surface area contributed by atoms with E-state index in [0.29, 0.717) is 6.04 Å². The van der Waals surface area contributed by atoms with Gasteiger partial charge in [0.1, 0.15) is 0 Å². The highest BCUT2D eigenvalue weighted by molar-refractivity contribution is 5.19. The van der Waals surface area contributed by atoms with Gasteiger partial charge in [-0.05, 0) is 44.3 Å². The molecule has 2 rings (SSSR count). The molecule has 118 valence electrons. The van der Waals surface area contributed by atoms with E-state index in [1.165, 1.54) is 37.7 Å². The third-order valence-electron chi connectivity index (χ3n) is 4.95. The molecule has 0 bridgehead atoms. The highest BCUT2D eigenvalue weighted by atomic mass is 15.2. The molecule has 2 nitrogen and oxygen atoms in total. The minimum absolute atomic E-state index is 0.449. The van der Waals surface area contributed by atoms with Crippen LogP contribution in [0.5, 0.6) is 0 Å². The molecule has 0 aliphatic heterocycles. The molecule has 3 atom stereocenters. The fraction of sp³-hybridized carbons (Fsp3) is 0.684. The topological polar surface area (TPSA) is 15.3 Å². The molecule has 1 fully saturated rings. The summed E-state index contributed by atoms with van der Waals surface area (Å²) in [6.07, 6.45) is 6.77. The van der Waals surface area contributed by atoms with Crippen LogP contribution in [-0.4, -0.2) is 31.1 Å². The van der Waals surface area contributed by atoms with E-state index >= 15 is 0 Å². The van der Waals surface area contributed by atoms with E-state index in [2.05, 4.69) is 61.4 Å². The molecule has 0 aromatic heterocycles. The summed E-state index contributed by atoms with van der Waals surface area (Å²) >= 11 is 0. The van der Waals surface area contributed by atoms with Gasteiger partial charge in [-0.3, -0.25) is 0 Å². The van der Waals surface area contributed by atoms with Crippen molar-refractivity contribution in [2.45, 2.75) is 58.0 Å². The number of nitrogens with zero attached hydrogens (tertiary/aromatic N) is 1. The summed E-state index contributed by atoms with van der Waals surface area (Å²) in [5.74, 6) is 0.839. The van der Waals surface area contributed by atoms with E-state index in [4.69, 9.17) is 0 Å². The van der Waals surface area contributed by atoms with Gasteiger partial charge in [-0.15, -0.1) is 0 Å². The summed E-state index contributed by atoms with van der Waals surface area (Å²) < 4.78 is 0. The fourth-order valence-corrected chi connectivity index (χ4v) is 3.67. The minimum Gasteiger partial charge on any atom is -0.309 e. The maximum atomic E-state index is 3.73. The normalized spacial score (nSPS) is 24.2. The molecule has 1 aromatic rings. The lowest BCUT2D eigenvalue weighted by molar-refractivity contribution is 0.128. The number of rotatable bonds is 7. The maximum absolute atomic E-state index is 3.73. The minimum atomic E-state index is 0.449. The van der Waals surface area contributed by atoms with E-state index in [1.807, 2.05) is 0 Å². The molecule has 0 saturated heterocycles. The van der Waals surface area contributed by atoms with Gasteiger partial charge in [0.15, 0.2) is 0 Å². The van der Waals surface area contributed by atoms with Crippen LogP contribution in [0.15, 0.2) is 30.3 Å². The Morgan fingerprint density at radius 3 is 2.57 bits per heavy atom. The molecule has 1 N–H and O–H groups in total. The van der Waals surface area contributed by atoms with Gasteiger partial charge in [-0.1, -0.05) is 57.0 Å². The lowest BCUT2D eigenvalue weighted by atomic mass is 9.85. The van der Waals surface area contributed by atoms with Crippen LogP contribution in [0, 0.1) is 5.92 Å². The standard InChI is InChI=1S/C19H32N2/c1-4-14-20-18(17-11-6-5-7-12-17)15-21(3)19-13-9-8-10-16(19)2/h5-7,11-12,16,18-20H,4,8-10,13-15H2,1-3H3. The van der Waals surface area contributed by atoms with Gasteiger partial charge in [-0.2, -0.15) is 0 Å². The molecule has 3 unspecified atom stereocenters. The van der Waals surface area contributed by atoms with Crippen molar-refractivity contribution in [2.75, 3.05) is 20.1 Å². The molecule has 1 aliphatic rings. The zero-order valence-electron chi connectivity index (χ0n) is 14.0. The lowest BCUT2D eigenvalue weighted by Gasteiger charge is -2.38. The summed E-state index contributed by atoms with van der Waals surface area (Å²) in [6.45, 7) is 6.87. The van der Waals surface area contributed by atoms with Crippen LogP contribution in [0.2, 0.25) is 0 Å². The van der Waals surface area contributed by atoms with Crippen LogP contribution < -0.4 is 5.32 Å². The van der Waals surface area contributed by atoms with Crippen LogP contribution in [0.4, 0.5) is 0 Å². The van der Waals surface area contributed by atoms with Crippen LogP contribution in [0.3, 0.4) is 0 Å². The Kier molecular flexibility index (Phi) is 6.72. The lowest BCUT2D eigenvalue weighted by Crippen LogP contribution is -2.43. The van der Waals surface area contributed by atoms with Crippen molar-refractivity contribution in [2.24, 2.45) is 5.92 Å². The Hall–Kier alpha value is -0.860. The average Bonchev–Trinajstić information content (AvgIpc) is 2.52. The van der Waals surface area contributed by atoms with Crippen LogP contribution in [0.25, 0.3) is 0 Å². The van der Waals surface area contributed by atoms with Crippen molar-refractivity contribution in [3.8, 4) is 0 Å². The first-order valence-corrected chi connectivity index (χ1v) is 8.71. The van der Waals surface area contributed by atoms with Crippen molar-refractivity contribution in [1.82, 2.24) is 10.2 Å². The van der Waals surface area contributed by atoms with E-state index in [0.717, 1.165) is 25.0 Å². The molecule has 2 heteroatoms. The molecular formula is C19H32N2. The first-order valence-electron chi connectivity index (χ1n) is 8.71. The van der Waals surface area contributed by atoms with Crippen molar-refractivity contribution < 1.29 is 0 Å². The maximum Gasteiger partial charge on any atom is 0.0449 e. The van der Waals surface area contributed by atoms with Gasteiger partial charge >= 0.3 is 0 Å². The molecule has 1 aromatic carbocycles. The summed E-state index contributed by atoms with van der Waals surface area (Å²) in [6, 6.07) is 12.1. The third-order valence-corrected chi connectivity index (χ3v) is 4.95. The number of hydrogen-bond acceptors (Lipinski definition) is 2. The highest BCUT2D eigenvalue weighted by Gasteiger charge is 2.26. The molecule has 0 spiro atoms. The zero-order valence-corrected chi connectivity index (χ0v) is 14.0. The van der Waals surface area contributed by atoms with E-state index in [-0.39, 0.29) is 0 Å². The van der Waals surface area contributed by atoms with Gasteiger partial charge in [0.25, 0.3) is 0 Å². The first-order chi connectivity index (χ1) is 10.2. The molecule has 0 radical (unpaired) electrons. The Labute approximate surface area is 130 Å². The van der Waals surface area contributed by atoms with Crippen LogP contribution in [-0.2, 0) is 0 Å². The monoisotopic (exact) mass is 288 g/mol. The molecule has 0 heterocycles. The number of benzene rings is 1. The predicted molar refractivity (Wildman–Crippen MR) is 91.5 cm³/mol. The van der Waals surface area contributed by atoms with Crippen molar-refractivity contribution >= 4 is 0 Å². The van der Waals surface area contributed by atoms with Gasteiger partial charge in [0.2, 0.25) is 0 Å². The third kappa shape index (κ3) is 4.82. The quantitative estimate of drug-likeness (QED) is 0.807. The molecule has 21 heavy (non-hydrogen) atoms. The first kappa shape index (κ1) is 16.5. The summed E-state index contributed by atoms with van der Waals surface area (Å²) in [4.78, 5) is 2.60. The molecule has 1 saturated carbocycles. The van der Waals surface area contributed by atoms with Crippen LogP contribution >= 0.6 is 0 Å². The second-order valence-electron chi connectivity index (χ2n) is 6.69. The average molecular weight is 288 g/mol. The largest absolute Gasteiger partial charge is 0.309 e. The Morgan fingerprint density at radius 2 is 1.90 bits per heavy atom. The second-order valence-corrected chi connectivity index (χ2v) is 6.69. The number of hydrogen-bond donors (Lipinski definition) is 1. The van der Waals surface area contributed by atoms with E-state index in [9.17, 15) is 0 Å². The van der Waals surface area contributed by atoms with Crippen molar-refractivity contribution in [3.63, 3.8) is 0 Å². The molecule has 1 aliphatic carbocycles. The smallest absolute Gasteiger partial charge is 0.0449 e. The SMILES string of the molecule is CCCNC(CN(C)C1CCCCC1C)c1ccccc1. The van der Waals surface area contributed by atoms with Gasteiger partial charge < -0.3 is 10.2 Å². The van der Waals surface area contributed by atoms with Gasteiger partial charge in [0, 0.05) is 18.6 Å². The zero-order chi connectivity index (χ0) is 15.1. The van der Waals surface area contributed by atoms with Gasteiger partial charge in [0.05, 0.1) is 0 Å². The Balaban J connectivity index is 2.00. The predicted octanol–water partition coefficient (Wildman–Crippen LogP) is 4.24. The Bertz CT molecular complexity index is 390. The van der Waals surface area contributed by atoms with E-state index < -0.39 is 0 Å². The number of likely N-dealkylation sites (N-methyl/N-ethyl adjacent to an activating group) is 1. The Morgan fingerprint density at radius 1 is 1.19 bits per heavy atom. The summed E-state index contributed by atoms with van der Waals surface area (Å²) in [7, 11) is 2.32. The van der Waals surface area contributed by atoms with Gasteiger partial charge in [-0.25, -0.2) is 0 Å². The summed E-state index contributed by atoms with van der Waals surface area (Å²) in [5.41, 5.74) is 1.42. The van der Waals surface area contributed by atoms with Crippen LogP contribution in [0.1, 0.15) is 57.6 Å². The fourth-order valence-electron chi connectivity index (χ4n) is 3.67. The second kappa shape index (κ2) is 8.55.